The average molecular weight is 490 g/mol. The van der Waals surface area contributed by atoms with Crippen LogP contribution in [0.3, 0.4) is 0 Å². The van der Waals surface area contributed by atoms with E-state index in [-0.39, 0.29) is 12.0 Å². The van der Waals surface area contributed by atoms with E-state index in [1.165, 1.54) is 0 Å². The predicted octanol–water partition coefficient (Wildman–Crippen LogP) is 4.94. The number of ether oxygens (including phenoxy) is 1. The van der Waals surface area contributed by atoms with E-state index in [4.69, 9.17) is 9.15 Å². The minimum Gasteiger partial charge on any atom is -0.460 e. The van der Waals surface area contributed by atoms with Crippen molar-refractivity contribution in [2.24, 2.45) is 7.05 Å². The molecule has 2 amide bonds. The van der Waals surface area contributed by atoms with Crippen LogP contribution >= 0.6 is 0 Å². The molecule has 1 N–H and O–H groups in total. The van der Waals surface area contributed by atoms with Gasteiger partial charge in [-0.15, -0.1) is 0 Å². The van der Waals surface area contributed by atoms with E-state index in [9.17, 15) is 9.59 Å². The quantitative estimate of drug-likeness (QED) is 0.438. The van der Waals surface area contributed by atoms with E-state index in [0.29, 0.717) is 43.0 Å². The van der Waals surface area contributed by atoms with Crippen molar-refractivity contribution in [1.29, 1.82) is 0 Å². The standard InChI is InChI=1S/C27H31N5O4/c1-17-14-21-23(31-10-12-32(13-11-31)26(34)36-27(2,3)4)9-8-20(24(21)35-17)25(33)28-19-7-6-18-16-30(5)29-22(18)15-19/h6-9,14-16H,10-13H2,1-5H3,(H,28,33). The number of hydrogen-bond acceptors (Lipinski definition) is 6. The van der Waals surface area contributed by atoms with Gasteiger partial charge in [0.2, 0.25) is 0 Å². The fourth-order valence-corrected chi connectivity index (χ4v) is 4.56. The van der Waals surface area contributed by atoms with E-state index in [0.717, 1.165) is 27.7 Å². The zero-order valence-electron chi connectivity index (χ0n) is 21.3. The highest BCUT2D eigenvalue weighted by Gasteiger charge is 2.27. The van der Waals surface area contributed by atoms with E-state index in [2.05, 4.69) is 15.3 Å². The Morgan fingerprint density at radius 3 is 2.53 bits per heavy atom. The summed E-state index contributed by atoms with van der Waals surface area (Å²) in [6.07, 6.45) is 1.64. The molecule has 0 saturated carbocycles. The summed E-state index contributed by atoms with van der Waals surface area (Å²) in [5, 5.41) is 9.28. The lowest BCUT2D eigenvalue weighted by molar-refractivity contribution is 0.0240. The first-order valence-corrected chi connectivity index (χ1v) is 12.1. The lowest BCUT2D eigenvalue weighted by atomic mass is 10.1. The Kier molecular flexibility index (Phi) is 5.86. The van der Waals surface area contributed by atoms with Crippen molar-refractivity contribution in [3.8, 4) is 0 Å². The monoisotopic (exact) mass is 489 g/mol. The number of carbonyl (C=O) groups excluding carboxylic acids is 2. The number of rotatable bonds is 3. The second-order valence-electron chi connectivity index (χ2n) is 10.2. The van der Waals surface area contributed by atoms with Crippen LogP contribution in [0.15, 0.2) is 47.0 Å². The Labute approximate surface area is 209 Å². The second-order valence-corrected chi connectivity index (χ2v) is 10.2. The summed E-state index contributed by atoms with van der Waals surface area (Å²) in [7, 11) is 1.87. The molecule has 5 rings (SSSR count). The van der Waals surface area contributed by atoms with Crippen LogP contribution in [0.25, 0.3) is 21.9 Å². The first-order chi connectivity index (χ1) is 17.1. The van der Waals surface area contributed by atoms with Gasteiger partial charge in [0.15, 0.2) is 0 Å². The maximum absolute atomic E-state index is 13.2. The third-order valence-electron chi connectivity index (χ3n) is 6.18. The number of nitrogens with one attached hydrogen (secondary N) is 1. The van der Waals surface area contributed by atoms with Crippen molar-refractivity contribution >= 4 is 45.2 Å². The number of furan rings is 1. The predicted molar refractivity (Wildman–Crippen MR) is 140 cm³/mol. The van der Waals surface area contributed by atoms with Crippen LogP contribution in [-0.2, 0) is 11.8 Å². The summed E-state index contributed by atoms with van der Waals surface area (Å²) in [6, 6.07) is 11.4. The SMILES string of the molecule is Cc1cc2c(N3CCN(C(=O)OC(C)(C)C)CC3)ccc(C(=O)Nc3ccc4cn(C)nc4c3)c2o1. The number of anilines is 2. The lowest BCUT2D eigenvalue weighted by Crippen LogP contribution is -2.50. The van der Waals surface area contributed by atoms with Crippen molar-refractivity contribution < 1.29 is 18.7 Å². The molecule has 0 atom stereocenters. The summed E-state index contributed by atoms with van der Waals surface area (Å²) in [6.45, 7) is 9.93. The topological polar surface area (TPSA) is 92.8 Å². The summed E-state index contributed by atoms with van der Waals surface area (Å²) in [5.74, 6) is 0.486. The Bertz CT molecular complexity index is 1450. The molecule has 0 spiro atoms. The highest BCUT2D eigenvalue weighted by Crippen LogP contribution is 2.33. The van der Waals surface area contributed by atoms with E-state index >= 15 is 0 Å². The molecule has 36 heavy (non-hydrogen) atoms. The van der Waals surface area contributed by atoms with Crippen LogP contribution in [0.4, 0.5) is 16.2 Å². The number of amides is 2. The molecule has 1 aliphatic rings. The largest absolute Gasteiger partial charge is 0.460 e. The molecule has 9 heteroatoms. The fraction of sp³-hybridized carbons (Fsp3) is 0.370. The minimum atomic E-state index is -0.519. The fourth-order valence-electron chi connectivity index (χ4n) is 4.56. The zero-order valence-corrected chi connectivity index (χ0v) is 21.3. The molecule has 0 radical (unpaired) electrons. The molecule has 1 saturated heterocycles. The lowest BCUT2D eigenvalue weighted by Gasteiger charge is -2.37. The van der Waals surface area contributed by atoms with Gasteiger partial charge in [-0.2, -0.15) is 5.10 Å². The van der Waals surface area contributed by atoms with Crippen molar-refractivity contribution in [3.05, 3.63) is 53.9 Å². The highest BCUT2D eigenvalue weighted by molar-refractivity contribution is 6.14. The number of carbonyl (C=O) groups is 2. The first kappa shape index (κ1) is 23.7. The van der Waals surface area contributed by atoms with Crippen LogP contribution in [0.5, 0.6) is 0 Å². The molecular weight excluding hydrogens is 458 g/mol. The Hall–Kier alpha value is -4.01. The molecule has 1 fully saturated rings. The maximum Gasteiger partial charge on any atom is 0.410 e. The highest BCUT2D eigenvalue weighted by atomic mass is 16.6. The molecule has 1 aliphatic heterocycles. The van der Waals surface area contributed by atoms with Gasteiger partial charge in [-0.3, -0.25) is 9.48 Å². The van der Waals surface area contributed by atoms with Crippen molar-refractivity contribution in [3.63, 3.8) is 0 Å². The summed E-state index contributed by atoms with van der Waals surface area (Å²) in [4.78, 5) is 29.6. The average Bonchev–Trinajstić information content (AvgIpc) is 3.38. The number of fused-ring (bicyclic) bond motifs is 2. The van der Waals surface area contributed by atoms with Gasteiger partial charge in [0, 0.05) is 61.6 Å². The molecular formula is C27H31N5O4. The third-order valence-corrected chi connectivity index (χ3v) is 6.18. The maximum atomic E-state index is 13.2. The van der Waals surface area contributed by atoms with Crippen LogP contribution in [0, 0.1) is 6.92 Å². The van der Waals surface area contributed by atoms with Crippen LogP contribution in [-0.4, -0.2) is 58.5 Å². The van der Waals surface area contributed by atoms with Gasteiger partial charge in [-0.1, -0.05) is 0 Å². The molecule has 2 aromatic heterocycles. The minimum absolute atomic E-state index is 0.245. The zero-order chi connectivity index (χ0) is 25.6. The van der Waals surface area contributed by atoms with Crippen molar-refractivity contribution in [2.75, 3.05) is 36.4 Å². The Morgan fingerprint density at radius 2 is 1.81 bits per heavy atom. The summed E-state index contributed by atoms with van der Waals surface area (Å²) >= 11 is 0. The number of hydrogen-bond donors (Lipinski definition) is 1. The smallest absolute Gasteiger partial charge is 0.410 e. The molecule has 3 heterocycles. The summed E-state index contributed by atoms with van der Waals surface area (Å²) in [5.41, 5.74) is 2.97. The van der Waals surface area contributed by atoms with Gasteiger partial charge < -0.3 is 24.3 Å². The third kappa shape index (κ3) is 4.73. The molecule has 4 aromatic rings. The van der Waals surface area contributed by atoms with Crippen molar-refractivity contribution in [1.82, 2.24) is 14.7 Å². The molecule has 188 valence electrons. The molecule has 9 nitrogen and oxygen atoms in total. The molecule has 0 aliphatic carbocycles. The normalized spacial score (nSPS) is 14.5. The molecule has 0 bridgehead atoms. The van der Waals surface area contributed by atoms with E-state index < -0.39 is 5.60 Å². The van der Waals surface area contributed by atoms with Gasteiger partial charge in [-0.05, 0) is 64.1 Å². The van der Waals surface area contributed by atoms with Gasteiger partial charge in [0.05, 0.1) is 11.1 Å². The number of benzene rings is 2. The van der Waals surface area contributed by atoms with Gasteiger partial charge in [0.25, 0.3) is 5.91 Å². The first-order valence-electron chi connectivity index (χ1n) is 12.1. The van der Waals surface area contributed by atoms with Crippen molar-refractivity contribution in [2.45, 2.75) is 33.3 Å². The number of aromatic nitrogens is 2. The Balaban J connectivity index is 1.35. The van der Waals surface area contributed by atoms with Crippen LogP contribution in [0.2, 0.25) is 0 Å². The van der Waals surface area contributed by atoms with Crippen LogP contribution in [0.1, 0.15) is 36.9 Å². The second kappa shape index (κ2) is 8.89. The van der Waals surface area contributed by atoms with Gasteiger partial charge in [0.1, 0.15) is 16.9 Å². The number of aryl methyl sites for hydroxylation is 2. The summed E-state index contributed by atoms with van der Waals surface area (Å²) < 4.78 is 13.2. The van der Waals surface area contributed by atoms with E-state index in [1.807, 2.05) is 71.3 Å². The van der Waals surface area contributed by atoms with E-state index in [1.54, 1.807) is 15.6 Å². The van der Waals surface area contributed by atoms with Crippen LogP contribution < -0.4 is 10.2 Å². The molecule has 2 aromatic carbocycles. The number of piperazine rings is 1. The number of nitrogens with zero attached hydrogens (tertiary/aromatic N) is 4. The van der Waals surface area contributed by atoms with Gasteiger partial charge in [-0.25, -0.2) is 4.79 Å². The molecule has 0 unspecified atom stereocenters. The Morgan fingerprint density at radius 1 is 1.06 bits per heavy atom. The van der Waals surface area contributed by atoms with Gasteiger partial charge >= 0.3 is 6.09 Å².